The van der Waals surface area contributed by atoms with Crippen LogP contribution in [0.25, 0.3) is 0 Å². The van der Waals surface area contributed by atoms with Crippen LogP contribution in [0.3, 0.4) is 0 Å². The maximum atomic E-state index is 4.81. The van der Waals surface area contributed by atoms with E-state index in [0.717, 1.165) is 44.6 Å². The first-order valence-corrected chi connectivity index (χ1v) is 10.5. The number of hydrogen-bond donors (Lipinski definition) is 1. The van der Waals surface area contributed by atoms with Gasteiger partial charge in [0, 0.05) is 38.1 Å². The third-order valence-corrected chi connectivity index (χ3v) is 6.00. The largest absolute Gasteiger partial charge is 0.353 e. The van der Waals surface area contributed by atoms with Crippen molar-refractivity contribution < 1.29 is 0 Å². The SMILES string of the molecule is CCN=C(NC1CC1c1ccccc1C)N1CCC(CN(CC)CC)C1. The molecule has 3 rings (SSSR count). The van der Waals surface area contributed by atoms with Gasteiger partial charge in [0.15, 0.2) is 5.96 Å². The lowest BCUT2D eigenvalue weighted by molar-refractivity contribution is 0.255. The van der Waals surface area contributed by atoms with E-state index in [-0.39, 0.29) is 0 Å². The maximum absolute atomic E-state index is 4.81. The lowest BCUT2D eigenvalue weighted by Crippen LogP contribution is -2.42. The van der Waals surface area contributed by atoms with Crippen molar-refractivity contribution in [3.8, 4) is 0 Å². The molecule has 0 amide bonds. The fourth-order valence-electron chi connectivity index (χ4n) is 4.27. The first kappa shape index (κ1) is 19.2. The molecule has 1 aromatic rings. The monoisotopic (exact) mass is 356 g/mol. The number of aliphatic imine (C=N–C) groups is 1. The number of hydrogen-bond acceptors (Lipinski definition) is 2. The number of nitrogens with zero attached hydrogens (tertiary/aromatic N) is 3. The normalized spacial score (nSPS) is 25.8. The molecule has 4 heteroatoms. The molecule has 0 aromatic heterocycles. The smallest absolute Gasteiger partial charge is 0.194 e. The first-order chi connectivity index (χ1) is 12.7. The molecular weight excluding hydrogens is 320 g/mol. The zero-order valence-electron chi connectivity index (χ0n) is 17.0. The summed E-state index contributed by atoms with van der Waals surface area (Å²) >= 11 is 0. The van der Waals surface area contributed by atoms with E-state index < -0.39 is 0 Å². The molecule has 26 heavy (non-hydrogen) atoms. The van der Waals surface area contributed by atoms with E-state index in [9.17, 15) is 0 Å². The van der Waals surface area contributed by atoms with Gasteiger partial charge in [0.25, 0.3) is 0 Å². The Hall–Kier alpha value is -1.55. The summed E-state index contributed by atoms with van der Waals surface area (Å²) < 4.78 is 0. The molecule has 0 bridgehead atoms. The van der Waals surface area contributed by atoms with Crippen LogP contribution in [0, 0.1) is 12.8 Å². The van der Waals surface area contributed by atoms with Crippen LogP contribution in [-0.2, 0) is 0 Å². The van der Waals surface area contributed by atoms with Gasteiger partial charge in [-0.3, -0.25) is 4.99 Å². The Morgan fingerprint density at radius 2 is 2.00 bits per heavy atom. The minimum absolute atomic E-state index is 0.545. The zero-order valence-corrected chi connectivity index (χ0v) is 17.0. The molecule has 1 saturated heterocycles. The van der Waals surface area contributed by atoms with Gasteiger partial charge in [-0.25, -0.2) is 0 Å². The Bertz CT molecular complexity index is 608. The predicted octanol–water partition coefficient (Wildman–Crippen LogP) is 3.48. The van der Waals surface area contributed by atoms with Gasteiger partial charge in [-0.2, -0.15) is 0 Å². The molecule has 1 aliphatic carbocycles. The van der Waals surface area contributed by atoms with E-state index >= 15 is 0 Å². The minimum atomic E-state index is 0.545. The number of guanidine groups is 1. The molecule has 3 atom stereocenters. The van der Waals surface area contributed by atoms with Crippen LogP contribution < -0.4 is 5.32 Å². The van der Waals surface area contributed by atoms with Crippen molar-refractivity contribution >= 4 is 5.96 Å². The molecule has 1 N–H and O–H groups in total. The molecular formula is C22H36N4. The number of rotatable bonds is 7. The van der Waals surface area contributed by atoms with E-state index in [4.69, 9.17) is 4.99 Å². The Morgan fingerprint density at radius 1 is 1.23 bits per heavy atom. The highest BCUT2D eigenvalue weighted by atomic mass is 15.3. The molecule has 2 fully saturated rings. The molecule has 0 radical (unpaired) electrons. The summed E-state index contributed by atoms with van der Waals surface area (Å²) in [5, 5.41) is 3.77. The summed E-state index contributed by atoms with van der Waals surface area (Å²) in [4.78, 5) is 9.85. The van der Waals surface area contributed by atoms with Gasteiger partial charge in [-0.15, -0.1) is 0 Å². The van der Waals surface area contributed by atoms with Crippen molar-refractivity contribution in [2.24, 2.45) is 10.9 Å². The molecule has 0 spiro atoms. The highest BCUT2D eigenvalue weighted by molar-refractivity contribution is 5.81. The summed E-state index contributed by atoms with van der Waals surface area (Å²) in [7, 11) is 0. The predicted molar refractivity (Wildman–Crippen MR) is 111 cm³/mol. The van der Waals surface area contributed by atoms with Crippen molar-refractivity contribution in [2.45, 2.75) is 52.5 Å². The maximum Gasteiger partial charge on any atom is 0.194 e. The van der Waals surface area contributed by atoms with Gasteiger partial charge in [-0.1, -0.05) is 38.1 Å². The van der Waals surface area contributed by atoms with E-state index in [1.807, 2.05) is 0 Å². The van der Waals surface area contributed by atoms with Crippen LogP contribution in [0.15, 0.2) is 29.3 Å². The van der Waals surface area contributed by atoms with Gasteiger partial charge >= 0.3 is 0 Å². The lowest BCUT2D eigenvalue weighted by atomic mass is 10.0. The summed E-state index contributed by atoms with van der Waals surface area (Å²) in [6.45, 7) is 15.5. The Morgan fingerprint density at radius 3 is 2.69 bits per heavy atom. The number of likely N-dealkylation sites (tertiary alicyclic amines) is 1. The minimum Gasteiger partial charge on any atom is -0.353 e. The summed E-state index contributed by atoms with van der Waals surface area (Å²) in [6.07, 6.45) is 2.51. The van der Waals surface area contributed by atoms with Crippen molar-refractivity contribution in [1.82, 2.24) is 15.1 Å². The van der Waals surface area contributed by atoms with E-state index in [2.05, 4.69) is 67.1 Å². The van der Waals surface area contributed by atoms with Crippen LogP contribution >= 0.6 is 0 Å². The molecule has 1 heterocycles. The summed E-state index contributed by atoms with van der Waals surface area (Å²) in [6, 6.07) is 9.35. The number of nitrogens with one attached hydrogen (secondary N) is 1. The van der Waals surface area contributed by atoms with Gasteiger partial charge in [-0.05, 0) is 56.8 Å². The van der Waals surface area contributed by atoms with Crippen molar-refractivity contribution in [1.29, 1.82) is 0 Å². The average Bonchev–Trinajstić information content (AvgIpc) is 3.25. The van der Waals surface area contributed by atoms with Crippen LogP contribution in [0.1, 0.15) is 50.7 Å². The van der Waals surface area contributed by atoms with Crippen LogP contribution in [-0.4, -0.2) is 61.1 Å². The summed E-state index contributed by atoms with van der Waals surface area (Å²) in [5.41, 5.74) is 2.91. The fourth-order valence-corrected chi connectivity index (χ4v) is 4.27. The van der Waals surface area contributed by atoms with E-state index in [0.29, 0.717) is 12.0 Å². The second-order valence-electron chi connectivity index (χ2n) is 7.83. The third-order valence-electron chi connectivity index (χ3n) is 6.00. The first-order valence-electron chi connectivity index (χ1n) is 10.5. The summed E-state index contributed by atoms with van der Waals surface area (Å²) in [5.74, 6) is 2.55. The van der Waals surface area contributed by atoms with E-state index in [1.165, 1.54) is 30.5 Å². The Kier molecular flexibility index (Phi) is 6.58. The van der Waals surface area contributed by atoms with Crippen molar-refractivity contribution in [3.63, 3.8) is 0 Å². The average molecular weight is 357 g/mol. The van der Waals surface area contributed by atoms with Gasteiger partial charge in [0.2, 0.25) is 0 Å². The highest BCUT2D eigenvalue weighted by Gasteiger charge is 2.40. The van der Waals surface area contributed by atoms with E-state index in [1.54, 1.807) is 0 Å². The quantitative estimate of drug-likeness (QED) is 0.599. The molecule has 1 aromatic carbocycles. The van der Waals surface area contributed by atoms with Crippen LogP contribution in [0.5, 0.6) is 0 Å². The Labute approximate surface area is 159 Å². The van der Waals surface area contributed by atoms with Gasteiger partial charge in [0.05, 0.1) is 0 Å². The molecule has 3 unspecified atom stereocenters. The Balaban J connectivity index is 1.56. The van der Waals surface area contributed by atoms with Crippen molar-refractivity contribution in [2.75, 3.05) is 39.3 Å². The number of benzene rings is 1. The van der Waals surface area contributed by atoms with Crippen molar-refractivity contribution in [3.05, 3.63) is 35.4 Å². The topological polar surface area (TPSA) is 30.9 Å². The fraction of sp³-hybridized carbons (Fsp3) is 0.682. The second-order valence-corrected chi connectivity index (χ2v) is 7.83. The zero-order chi connectivity index (χ0) is 18.5. The van der Waals surface area contributed by atoms with Gasteiger partial charge < -0.3 is 15.1 Å². The lowest BCUT2D eigenvalue weighted by Gasteiger charge is -2.25. The highest BCUT2D eigenvalue weighted by Crippen LogP contribution is 2.42. The number of aryl methyl sites for hydroxylation is 1. The van der Waals surface area contributed by atoms with Gasteiger partial charge in [0.1, 0.15) is 0 Å². The van der Waals surface area contributed by atoms with Crippen LogP contribution in [0.2, 0.25) is 0 Å². The molecule has 1 saturated carbocycles. The second kappa shape index (κ2) is 8.90. The molecule has 4 nitrogen and oxygen atoms in total. The third kappa shape index (κ3) is 4.59. The molecule has 144 valence electrons. The molecule has 1 aliphatic heterocycles. The van der Waals surface area contributed by atoms with Crippen LogP contribution in [0.4, 0.5) is 0 Å². The standard InChI is InChI=1S/C22H36N4/c1-5-23-22(26-13-12-18(16-26)15-25(6-2)7-3)24-21-14-20(21)19-11-9-8-10-17(19)4/h8-11,18,20-21H,5-7,12-16H2,1-4H3,(H,23,24). The molecule has 2 aliphatic rings.